The van der Waals surface area contributed by atoms with E-state index < -0.39 is 11.5 Å². The normalized spacial score (nSPS) is 11.3. The van der Waals surface area contributed by atoms with E-state index >= 15 is 0 Å². The lowest BCUT2D eigenvalue weighted by molar-refractivity contribution is 0.102. The molecule has 21 heavy (non-hydrogen) atoms. The zero-order chi connectivity index (χ0) is 15.4. The minimum absolute atomic E-state index is 0.0899. The van der Waals surface area contributed by atoms with E-state index in [-0.39, 0.29) is 10.6 Å². The molecule has 0 saturated carbocycles. The van der Waals surface area contributed by atoms with Crippen LogP contribution < -0.4 is 10.9 Å². The van der Waals surface area contributed by atoms with E-state index in [1.807, 2.05) is 32.1 Å². The highest BCUT2D eigenvalue weighted by atomic mass is 35.5. The second-order valence-corrected chi connectivity index (χ2v) is 4.94. The molecule has 0 unspecified atom stereocenters. The number of halogens is 1. The van der Waals surface area contributed by atoms with E-state index in [9.17, 15) is 9.59 Å². The Hall–Kier alpha value is -2.33. The van der Waals surface area contributed by atoms with Crippen molar-refractivity contribution in [3.05, 3.63) is 69.1 Å². The quantitative estimate of drug-likeness (QED) is 0.908. The Labute approximate surface area is 127 Å². The van der Waals surface area contributed by atoms with Crippen molar-refractivity contribution in [3.8, 4) is 0 Å². The topological polar surface area (TPSA) is 62.0 Å². The highest BCUT2D eigenvalue weighted by Crippen LogP contribution is 2.18. The van der Waals surface area contributed by atoms with Crippen molar-refractivity contribution in [3.63, 3.8) is 0 Å². The first-order valence-electron chi connectivity index (χ1n) is 6.45. The number of amides is 1. The van der Waals surface area contributed by atoms with Crippen molar-refractivity contribution < 1.29 is 4.79 Å². The van der Waals surface area contributed by atoms with Crippen LogP contribution in [-0.2, 0) is 0 Å². The summed E-state index contributed by atoms with van der Waals surface area (Å²) >= 11 is 5.89. The van der Waals surface area contributed by atoms with Gasteiger partial charge in [-0.15, -0.1) is 0 Å². The van der Waals surface area contributed by atoms with E-state index in [2.05, 4.69) is 10.3 Å². The maximum Gasteiger partial charge on any atom is 0.262 e. The minimum atomic E-state index is -0.530. The Kier molecular flexibility index (Phi) is 4.60. The van der Waals surface area contributed by atoms with Crippen molar-refractivity contribution >= 4 is 28.8 Å². The highest BCUT2D eigenvalue weighted by molar-refractivity contribution is 6.34. The number of H-pyrrole nitrogens is 1. The number of allylic oxidation sites excluding steroid dienone is 2. The fourth-order valence-corrected chi connectivity index (χ4v) is 2.08. The number of carbonyl (C=O) groups excluding carboxylic acids is 1. The predicted molar refractivity (Wildman–Crippen MR) is 85.8 cm³/mol. The van der Waals surface area contributed by atoms with Gasteiger partial charge in [-0.3, -0.25) is 9.59 Å². The number of aromatic amines is 1. The van der Waals surface area contributed by atoms with Crippen molar-refractivity contribution in [2.75, 3.05) is 5.32 Å². The summed E-state index contributed by atoms with van der Waals surface area (Å²) in [4.78, 5) is 26.2. The standard InChI is InChI=1S/C16H15ClN2O2/c1-3-10(2)11-4-6-12(7-5-11)19-16(21)14-13(17)8-9-18-15(14)20/h3-9H,1-2H3,(H,18,20)(H,19,21)/b10-3+. The molecule has 1 amide bonds. The molecule has 0 radical (unpaired) electrons. The van der Waals surface area contributed by atoms with Crippen LogP contribution >= 0.6 is 11.6 Å². The molecule has 0 bridgehead atoms. The van der Waals surface area contributed by atoms with Gasteiger partial charge in [0.05, 0.1) is 5.02 Å². The van der Waals surface area contributed by atoms with E-state index in [0.717, 1.165) is 11.1 Å². The summed E-state index contributed by atoms with van der Waals surface area (Å²) in [5.74, 6) is -0.530. The molecule has 2 aromatic rings. The van der Waals surface area contributed by atoms with Crippen LogP contribution in [0, 0.1) is 0 Å². The number of anilines is 1. The second-order valence-electron chi connectivity index (χ2n) is 4.53. The Morgan fingerprint density at radius 1 is 1.24 bits per heavy atom. The van der Waals surface area contributed by atoms with Crippen LogP contribution in [0.2, 0.25) is 5.02 Å². The van der Waals surface area contributed by atoms with Gasteiger partial charge < -0.3 is 10.3 Å². The average Bonchev–Trinajstić information content (AvgIpc) is 2.47. The van der Waals surface area contributed by atoms with Crippen LogP contribution in [0.25, 0.3) is 5.57 Å². The van der Waals surface area contributed by atoms with Gasteiger partial charge in [-0.05, 0) is 43.2 Å². The van der Waals surface area contributed by atoms with Crippen LogP contribution in [0.5, 0.6) is 0 Å². The van der Waals surface area contributed by atoms with Crippen molar-refractivity contribution in [2.45, 2.75) is 13.8 Å². The van der Waals surface area contributed by atoms with Crippen LogP contribution in [0.1, 0.15) is 29.8 Å². The Morgan fingerprint density at radius 3 is 2.48 bits per heavy atom. The summed E-state index contributed by atoms with van der Waals surface area (Å²) in [5.41, 5.74) is 2.22. The lowest BCUT2D eigenvalue weighted by Crippen LogP contribution is -2.23. The molecular formula is C16H15ClN2O2. The zero-order valence-corrected chi connectivity index (χ0v) is 12.5. The van der Waals surface area contributed by atoms with Gasteiger partial charge in [0.2, 0.25) is 0 Å². The fourth-order valence-electron chi connectivity index (χ4n) is 1.84. The summed E-state index contributed by atoms with van der Waals surface area (Å²) < 4.78 is 0. The lowest BCUT2D eigenvalue weighted by Gasteiger charge is -2.07. The van der Waals surface area contributed by atoms with E-state index in [1.165, 1.54) is 12.3 Å². The minimum Gasteiger partial charge on any atom is -0.328 e. The maximum absolute atomic E-state index is 12.1. The predicted octanol–water partition coefficient (Wildman–Crippen LogP) is 3.70. The Bertz CT molecular complexity index is 746. The molecule has 0 aliphatic carbocycles. The first kappa shape index (κ1) is 15.1. The number of hydrogen-bond donors (Lipinski definition) is 2. The van der Waals surface area contributed by atoms with Gasteiger partial charge in [-0.2, -0.15) is 0 Å². The molecule has 0 fully saturated rings. The van der Waals surface area contributed by atoms with Gasteiger partial charge >= 0.3 is 0 Å². The zero-order valence-electron chi connectivity index (χ0n) is 11.7. The number of pyridine rings is 1. The Morgan fingerprint density at radius 2 is 1.90 bits per heavy atom. The molecule has 4 nitrogen and oxygen atoms in total. The molecule has 2 rings (SSSR count). The fraction of sp³-hybridized carbons (Fsp3) is 0.125. The van der Waals surface area contributed by atoms with Gasteiger partial charge in [0.1, 0.15) is 5.56 Å². The number of rotatable bonds is 3. The average molecular weight is 303 g/mol. The number of nitrogens with one attached hydrogen (secondary N) is 2. The monoisotopic (exact) mass is 302 g/mol. The molecule has 0 spiro atoms. The molecule has 0 saturated heterocycles. The van der Waals surface area contributed by atoms with E-state index in [4.69, 9.17) is 11.6 Å². The Balaban J connectivity index is 2.22. The van der Waals surface area contributed by atoms with Crippen LogP contribution in [0.4, 0.5) is 5.69 Å². The third-order valence-electron chi connectivity index (χ3n) is 3.17. The van der Waals surface area contributed by atoms with Gasteiger partial charge in [0.15, 0.2) is 0 Å². The summed E-state index contributed by atoms with van der Waals surface area (Å²) in [6, 6.07) is 8.84. The third kappa shape index (κ3) is 3.41. The van der Waals surface area contributed by atoms with Gasteiger partial charge in [0.25, 0.3) is 11.5 Å². The van der Waals surface area contributed by atoms with Gasteiger partial charge in [0, 0.05) is 11.9 Å². The van der Waals surface area contributed by atoms with Crippen molar-refractivity contribution in [2.24, 2.45) is 0 Å². The van der Waals surface area contributed by atoms with Crippen LogP contribution in [0.15, 0.2) is 47.4 Å². The van der Waals surface area contributed by atoms with Gasteiger partial charge in [-0.25, -0.2) is 0 Å². The molecule has 108 valence electrons. The van der Waals surface area contributed by atoms with E-state index in [1.54, 1.807) is 12.1 Å². The largest absolute Gasteiger partial charge is 0.328 e. The molecule has 2 N–H and O–H groups in total. The first-order valence-corrected chi connectivity index (χ1v) is 6.82. The van der Waals surface area contributed by atoms with Crippen molar-refractivity contribution in [1.29, 1.82) is 0 Å². The third-order valence-corrected chi connectivity index (χ3v) is 3.48. The number of aromatic nitrogens is 1. The molecule has 0 atom stereocenters. The molecule has 1 aromatic heterocycles. The first-order chi connectivity index (χ1) is 10.0. The molecule has 1 aromatic carbocycles. The number of hydrogen-bond acceptors (Lipinski definition) is 2. The maximum atomic E-state index is 12.1. The summed E-state index contributed by atoms with van der Waals surface area (Å²) in [6.07, 6.45) is 3.41. The molecule has 0 aliphatic heterocycles. The summed E-state index contributed by atoms with van der Waals surface area (Å²) in [6.45, 7) is 3.98. The van der Waals surface area contributed by atoms with Gasteiger partial charge in [-0.1, -0.05) is 29.8 Å². The van der Waals surface area contributed by atoms with E-state index in [0.29, 0.717) is 5.69 Å². The summed E-state index contributed by atoms with van der Waals surface area (Å²) in [7, 11) is 0. The van der Waals surface area contributed by atoms with Crippen molar-refractivity contribution in [1.82, 2.24) is 4.98 Å². The van der Waals surface area contributed by atoms with Crippen LogP contribution in [-0.4, -0.2) is 10.9 Å². The lowest BCUT2D eigenvalue weighted by atomic mass is 10.1. The molecule has 0 aliphatic rings. The number of carbonyl (C=O) groups is 1. The van der Waals surface area contributed by atoms with Crippen LogP contribution in [0.3, 0.4) is 0 Å². The molecule has 1 heterocycles. The summed E-state index contributed by atoms with van der Waals surface area (Å²) in [5, 5.41) is 2.78. The number of benzene rings is 1. The highest BCUT2D eigenvalue weighted by Gasteiger charge is 2.14. The smallest absolute Gasteiger partial charge is 0.262 e. The SMILES string of the molecule is C/C=C(\C)c1ccc(NC(=O)c2c(Cl)cc[nH]c2=O)cc1. The second kappa shape index (κ2) is 6.41. The molecular weight excluding hydrogens is 288 g/mol. The molecule has 5 heteroatoms.